The number of carboxylic acids is 1. The van der Waals surface area contributed by atoms with Crippen LogP contribution in [0.25, 0.3) is 0 Å². The van der Waals surface area contributed by atoms with E-state index in [0.29, 0.717) is 0 Å². The second-order valence-corrected chi connectivity index (χ2v) is 4.19. The Bertz CT molecular complexity index is 318. The number of hydrogen-bond acceptors (Lipinski definition) is 7. The van der Waals surface area contributed by atoms with E-state index < -0.39 is 42.5 Å². The maximum absolute atomic E-state index is 10.9. The smallest absolute Gasteiger partial charge is 0.364 e. The standard InChI is InChI=1S/C9H14O8/c1-9(8(13)14)15-2-3-6(17-9)4(10)5(11)7(12)16-3/h3-7,10-12H,2H2,1H3,(H,13,14)/t3-,4-,5-,6+,7+,9?/m1/s1. The Labute approximate surface area is 96.3 Å². The number of aliphatic hydroxyl groups is 3. The monoisotopic (exact) mass is 250 g/mol. The van der Waals surface area contributed by atoms with Crippen molar-refractivity contribution < 1.29 is 39.4 Å². The third kappa shape index (κ3) is 2.03. The predicted octanol–water partition coefficient (Wildman–Crippen LogP) is -2.36. The SMILES string of the molecule is CC1(C(=O)O)OC[C@H]2O[C@H](O)[C@H](O)[C@@H](O)[C@H]2O1. The van der Waals surface area contributed by atoms with E-state index >= 15 is 0 Å². The van der Waals surface area contributed by atoms with Crippen LogP contribution < -0.4 is 0 Å². The van der Waals surface area contributed by atoms with Crippen LogP contribution in [0.4, 0.5) is 0 Å². The van der Waals surface area contributed by atoms with Gasteiger partial charge in [0.25, 0.3) is 5.79 Å². The van der Waals surface area contributed by atoms with Gasteiger partial charge in [-0.05, 0) is 0 Å². The number of aliphatic carboxylic acids is 1. The minimum Gasteiger partial charge on any atom is -0.477 e. The molecular weight excluding hydrogens is 236 g/mol. The zero-order chi connectivity index (χ0) is 12.8. The first-order valence-corrected chi connectivity index (χ1v) is 5.10. The van der Waals surface area contributed by atoms with E-state index in [1.54, 1.807) is 0 Å². The van der Waals surface area contributed by atoms with E-state index in [0.717, 1.165) is 0 Å². The summed E-state index contributed by atoms with van der Waals surface area (Å²) in [5.74, 6) is -3.24. The summed E-state index contributed by atoms with van der Waals surface area (Å²) < 4.78 is 15.0. The molecule has 2 aliphatic rings. The molecule has 2 heterocycles. The van der Waals surface area contributed by atoms with Crippen molar-refractivity contribution in [1.29, 1.82) is 0 Å². The van der Waals surface area contributed by atoms with Crippen molar-refractivity contribution in [3.05, 3.63) is 0 Å². The maximum atomic E-state index is 10.9. The second kappa shape index (κ2) is 4.16. The van der Waals surface area contributed by atoms with Gasteiger partial charge in [-0.15, -0.1) is 0 Å². The van der Waals surface area contributed by atoms with Gasteiger partial charge in [0.05, 0.1) is 6.61 Å². The number of carbonyl (C=O) groups is 1. The highest BCUT2D eigenvalue weighted by molar-refractivity contribution is 5.75. The molecule has 2 saturated heterocycles. The summed E-state index contributed by atoms with van der Waals surface area (Å²) in [7, 11) is 0. The lowest BCUT2D eigenvalue weighted by Crippen LogP contribution is -2.66. The molecular formula is C9H14O8. The summed E-state index contributed by atoms with van der Waals surface area (Å²) in [4.78, 5) is 10.9. The van der Waals surface area contributed by atoms with Gasteiger partial charge in [-0.1, -0.05) is 0 Å². The van der Waals surface area contributed by atoms with Crippen LogP contribution in [0.5, 0.6) is 0 Å². The van der Waals surface area contributed by atoms with Gasteiger partial charge in [0.1, 0.15) is 24.4 Å². The van der Waals surface area contributed by atoms with Gasteiger partial charge in [-0.3, -0.25) is 0 Å². The molecule has 6 atom stereocenters. The van der Waals surface area contributed by atoms with Crippen molar-refractivity contribution in [3.63, 3.8) is 0 Å². The Hall–Kier alpha value is -0.770. The first kappa shape index (κ1) is 12.7. The second-order valence-electron chi connectivity index (χ2n) is 4.19. The van der Waals surface area contributed by atoms with Gasteiger partial charge < -0.3 is 34.6 Å². The van der Waals surface area contributed by atoms with Crippen molar-refractivity contribution in [1.82, 2.24) is 0 Å². The third-order valence-corrected chi connectivity index (χ3v) is 2.93. The maximum Gasteiger partial charge on any atom is 0.364 e. The average Bonchev–Trinajstić information content (AvgIpc) is 2.27. The minimum atomic E-state index is -1.90. The molecule has 2 fully saturated rings. The highest BCUT2D eigenvalue weighted by atomic mass is 16.8. The topological polar surface area (TPSA) is 126 Å². The van der Waals surface area contributed by atoms with Crippen LogP contribution in [0.15, 0.2) is 0 Å². The molecule has 0 bridgehead atoms. The number of carboxylic acid groups (broad SMARTS) is 1. The summed E-state index contributed by atoms with van der Waals surface area (Å²) in [6, 6.07) is 0. The molecule has 8 heteroatoms. The van der Waals surface area contributed by atoms with Gasteiger partial charge in [-0.2, -0.15) is 0 Å². The van der Waals surface area contributed by atoms with Gasteiger partial charge in [-0.25, -0.2) is 4.79 Å². The van der Waals surface area contributed by atoms with Crippen LogP contribution in [-0.4, -0.2) is 69.5 Å². The molecule has 0 saturated carbocycles. The molecule has 0 aromatic carbocycles. The zero-order valence-electron chi connectivity index (χ0n) is 9.02. The molecule has 0 spiro atoms. The van der Waals surface area contributed by atoms with Gasteiger partial charge in [0.15, 0.2) is 6.29 Å². The Morgan fingerprint density at radius 3 is 2.53 bits per heavy atom. The van der Waals surface area contributed by atoms with Gasteiger partial charge in [0, 0.05) is 6.92 Å². The molecule has 4 N–H and O–H groups in total. The van der Waals surface area contributed by atoms with Crippen LogP contribution in [0.2, 0.25) is 0 Å². The van der Waals surface area contributed by atoms with Crippen LogP contribution in [0.1, 0.15) is 6.92 Å². The zero-order valence-corrected chi connectivity index (χ0v) is 9.02. The minimum absolute atomic E-state index is 0.158. The lowest BCUT2D eigenvalue weighted by molar-refractivity contribution is -0.373. The summed E-state index contributed by atoms with van der Waals surface area (Å²) >= 11 is 0. The van der Waals surface area contributed by atoms with Gasteiger partial charge in [0.2, 0.25) is 0 Å². The Balaban J connectivity index is 2.16. The fourth-order valence-corrected chi connectivity index (χ4v) is 1.85. The molecule has 1 unspecified atom stereocenters. The number of hydrogen-bond donors (Lipinski definition) is 4. The van der Waals surface area contributed by atoms with Crippen molar-refractivity contribution in [2.45, 2.75) is 43.4 Å². The fourth-order valence-electron chi connectivity index (χ4n) is 1.85. The van der Waals surface area contributed by atoms with E-state index in [-0.39, 0.29) is 6.61 Å². The van der Waals surface area contributed by atoms with Crippen molar-refractivity contribution in [2.24, 2.45) is 0 Å². The van der Waals surface area contributed by atoms with E-state index in [9.17, 15) is 20.1 Å². The van der Waals surface area contributed by atoms with E-state index in [2.05, 4.69) is 0 Å². The van der Waals surface area contributed by atoms with Crippen molar-refractivity contribution in [2.75, 3.05) is 6.61 Å². The van der Waals surface area contributed by atoms with Crippen LogP contribution in [0, 0.1) is 0 Å². The van der Waals surface area contributed by atoms with Crippen molar-refractivity contribution in [3.8, 4) is 0 Å². The molecule has 8 nitrogen and oxygen atoms in total. The van der Waals surface area contributed by atoms with E-state index in [4.69, 9.17) is 19.3 Å². The lowest BCUT2D eigenvalue weighted by Gasteiger charge is -2.47. The lowest BCUT2D eigenvalue weighted by atomic mass is 9.97. The predicted molar refractivity (Wildman–Crippen MR) is 49.8 cm³/mol. The van der Waals surface area contributed by atoms with Gasteiger partial charge >= 0.3 is 5.97 Å². The molecule has 2 aliphatic heterocycles. The number of ether oxygens (including phenoxy) is 3. The summed E-state index contributed by atoms with van der Waals surface area (Å²) in [6.45, 7) is 1.03. The number of rotatable bonds is 1. The number of aliphatic hydroxyl groups excluding tert-OH is 3. The average molecular weight is 250 g/mol. The molecule has 2 rings (SSSR count). The van der Waals surface area contributed by atoms with E-state index in [1.807, 2.05) is 0 Å². The Morgan fingerprint density at radius 2 is 1.94 bits per heavy atom. The third-order valence-electron chi connectivity index (χ3n) is 2.93. The first-order valence-electron chi connectivity index (χ1n) is 5.10. The number of fused-ring (bicyclic) bond motifs is 1. The quantitative estimate of drug-likeness (QED) is 0.407. The molecule has 0 aromatic rings. The Morgan fingerprint density at radius 1 is 1.29 bits per heavy atom. The molecule has 0 radical (unpaired) electrons. The summed E-state index contributed by atoms with van der Waals surface area (Å²) in [5, 5.41) is 37.3. The highest BCUT2D eigenvalue weighted by Crippen LogP contribution is 2.32. The molecule has 0 aliphatic carbocycles. The molecule has 0 aromatic heterocycles. The summed E-state index contributed by atoms with van der Waals surface area (Å²) in [5.41, 5.74) is 0. The largest absolute Gasteiger partial charge is 0.477 e. The Kier molecular flexibility index (Phi) is 3.10. The normalized spacial score (nSPS) is 50.7. The van der Waals surface area contributed by atoms with E-state index in [1.165, 1.54) is 6.92 Å². The highest BCUT2D eigenvalue weighted by Gasteiger charge is 2.53. The van der Waals surface area contributed by atoms with Crippen molar-refractivity contribution >= 4 is 5.97 Å². The molecule has 98 valence electrons. The molecule has 0 amide bonds. The summed E-state index contributed by atoms with van der Waals surface area (Å²) in [6.07, 6.45) is -6.43. The fraction of sp³-hybridized carbons (Fsp3) is 0.889. The van der Waals surface area contributed by atoms with Crippen LogP contribution in [-0.2, 0) is 19.0 Å². The molecule has 17 heavy (non-hydrogen) atoms. The first-order chi connectivity index (χ1) is 7.85. The van der Waals surface area contributed by atoms with Crippen LogP contribution >= 0.6 is 0 Å². The van der Waals surface area contributed by atoms with Crippen LogP contribution in [0.3, 0.4) is 0 Å².